The van der Waals surface area contributed by atoms with Crippen LogP contribution in [0.5, 0.6) is 0 Å². The third-order valence-electron chi connectivity index (χ3n) is 5.56. The number of fused-ring (bicyclic) bond motifs is 4. The number of aromatic nitrogens is 1. The first-order chi connectivity index (χ1) is 14.8. The monoisotopic (exact) mass is 405 g/mol. The molecule has 0 fully saturated rings. The van der Waals surface area contributed by atoms with Crippen LogP contribution in [-0.4, -0.2) is 4.98 Å². The molecule has 0 unspecified atom stereocenters. The molecule has 6 rings (SSSR count). The molecule has 1 heterocycles. The Morgan fingerprint density at radius 2 is 1.33 bits per heavy atom. The summed E-state index contributed by atoms with van der Waals surface area (Å²) in [5.74, 6) is 0.599. The largest absolute Gasteiger partial charge is 0.436 e. The maximum Gasteiger partial charge on any atom is 0.227 e. The smallest absolute Gasteiger partial charge is 0.227 e. The molecular formula is C27H16ClNO. The van der Waals surface area contributed by atoms with Crippen molar-refractivity contribution in [1.29, 1.82) is 0 Å². The predicted octanol–water partition coefficient (Wildman–Crippen LogP) is 8.12. The molecule has 0 radical (unpaired) electrons. The van der Waals surface area contributed by atoms with Crippen LogP contribution in [0.4, 0.5) is 0 Å². The second kappa shape index (κ2) is 6.72. The van der Waals surface area contributed by atoms with Crippen molar-refractivity contribution < 1.29 is 4.42 Å². The molecule has 0 saturated heterocycles. The third-order valence-corrected chi connectivity index (χ3v) is 5.81. The molecular weight excluding hydrogens is 390 g/mol. The van der Waals surface area contributed by atoms with Gasteiger partial charge in [-0.15, -0.1) is 0 Å². The van der Waals surface area contributed by atoms with Crippen molar-refractivity contribution in [2.24, 2.45) is 0 Å². The average molecular weight is 406 g/mol. The summed E-state index contributed by atoms with van der Waals surface area (Å²) in [7, 11) is 0. The first-order valence-electron chi connectivity index (χ1n) is 9.84. The molecule has 0 aliphatic carbocycles. The van der Waals surface area contributed by atoms with Gasteiger partial charge in [-0.3, -0.25) is 0 Å². The fourth-order valence-electron chi connectivity index (χ4n) is 4.10. The summed E-state index contributed by atoms with van der Waals surface area (Å²) >= 11 is 6.00. The van der Waals surface area contributed by atoms with E-state index in [1.165, 1.54) is 27.1 Å². The highest BCUT2D eigenvalue weighted by molar-refractivity contribution is 6.30. The van der Waals surface area contributed by atoms with Gasteiger partial charge in [-0.05, 0) is 75.1 Å². The number of rotatable bonds is 2. The first kappa shape index (κ1) is 17.3. The predicted molar refractivity (Wildman–Crippen MR) is 125 cm³/mol. The van der Waals surface area contributed by atoms with Gasteiger partial charge in [0.1, 0.15) is 5.52 Å². The fourth-order valence-corrected chi connectivity index (χ4v) is 4.23. The van der Waals surface area contributed by atoms with Crippen LogP contribution in [0.25, 0.3) is 55.2 Å². The van der Waals surface area contributed by atoms with Crippen molar-refractivity contribution in [3.63, 3.8) is 0 Å². The molecule has 5 aromatic carbocycles. The van der Waals surface area contributed by atoms with Gasteiger partial charge >= 0.3 is 0 Å². The minimum Gasteiger partial charge on any atom is -0.436 e. The summed E-state index contributed by atoms with van der Waals surface area (Å²) in [6, 6.07) is 33.1. The molecule has 0 atom stereocenters. The van der Waals surface area contributed by atoms with Crippen LogP contribution in [-0.2, 0) is 0 Å². The molecule has 0 spiro atoms. The highest BCUT2D eigenvalue weighted by Gasteiger charge is 2.12. The van der Waals surface area contributed by atoms with Gasteiger partial charge in [-0.1, -0.05) is 66.2 Å². The van der Waals surface area contributed by atoms with E-state index in [-0.39, 0.29) is 0 Å². The van der Waals surface area contributed by atoms with Crippen LogP contribution < -0.4 is 0 Å². The van der Waals surface area contributed by atoms with Crippen molar-refractivity contribution in [3.8, 4) is 22.6 Å². The lowest BCUT2D eigenvalue weighted by Crippen LogP contribution is -1.84. The van der Waals surface area contributed by atoms with Crippen LogP contribution in [0.15, 0.2) is 101 Å². The van der Waals surface area contributed by atoms with Gasteiger partial charge < -0.3 is 4.42 Å². The third kappa shape index (κ3) is 2.77. The molecule has 0 aliphatic heterocycles. The molecule has 142 valence electrons. The Kier molecular flexibility index (Phi) is 3.87. The van der Waals surface area contributed by atoms with Gasteiger partial charge in [0.05, 0.1) is 0 Å². The van der Waals surface area contributed by atoms with Crippen LogP contribution in [0, 0.1) is 0 Å². The van der Waals surface area contributed by atoms with Gasteiger partial charge in [0.25, 0.3) is 0 Å². The maximum atomic E-state index is 6.10. The van der Waals surface area contributed by atoms with Crippen LogP contribution in [0.1, 0.15) is 0 Å². The minimum absolute atomic E-state index is 0.599. The Bertz CT molecular complexity index is 1550. The van der Waals surface area contributed by atoms with E-state index in [4.69, 9.17) is 16.0 Å². The molecule has 1 aromatic heterocycles. The van der Waals surface area contributed by atoms with E-state index in [1.54, 1.807) is 0 Å². The van der Waals surface area contributed by atoms with Crippen LogP contribution in [0.3, 0.4) is 0 Å². The van der Waals surface area contributed by atoms with E-state index >= 15 is 0 Å². The lowest BCUT2D eigenvalue weighted by Gasteiger charge is -2.10. The van der Waals surface area contributed by atoms with Gasteiger partial charge in [-0.25, -0.2) is 4.98 Å². The molecule has 2 nitrogen and oxygen atoms in total. The van der Waals surface area contributed by atoms with Crippen LogP contribution in [0.2, 0.25) is 5.02 Å². The lowest BCUT2D eigenvalue weighted by molar-refractivity contribution is 0.620. The van der Waals surface area contributed by atoms with E-state index in [0.29, 0.717) is 10.9 Å². The summed E-state index contributed by atoms with van der Waals surface area (Å²) in [6.07, 6.45) is 0. The summed E-state index contributed by atoms with van der Waals surface area (Å²) in [6.45, 7) is 0. The number of halogens is 1. The zero-order valence-electron chi connectivity index (χ0n) is 16.0. The Hall–Kier alpha value is -3.62. The molecule has 3 heteroatoms. The van der Waals surface area contributed by atoms with Crippen molar-refractivity contribution in [3.05, 3.63) is 102 Å². The van der Waals surface area contributed by atoms with Crippen molar-refractivity contribution in [1.82, 2.24) is 4.98 Å². The molecule has 0 amide bonds. The number of nitrogens with zero attached hydrogens (tertiary/aromatic N) is 1. The highest BCUT2D eigenvalue weighted by Crippen LogP contribution is 2.36. The standard InChI is InChI=1S/C27H16ClNO/c28-20-12-9-17(10-13-20)27-29-25-14-11-19(16-26(25)30-27)24-15-18-5-1-2-6-21(18)22-7-3-4-8-23(22)24/h1-16H. The quantitative estimate of drug-likeness (QED) is 0.272. The number of hydrogen-bond acceptors (Lipinski definition) is 2. The highest BCUT2D eigenvalue weighted by atomic mass is 35.5. The summed E-state index contributed by atoms with van der Waals surface area (Å²) in [4.78, 5) is 4.65. The van der Waals surface area contributed by atoms with Gasteiger partial charge in [-0.2, -0.15) is 0 Å². The van der Waals surface area contributed by atoms with E-state index in [1.807, 2.05) is 30.3 Å². The van der Waals surface area contributed by atoms with Gasteiger partial charge in [0, 0.05) is 10.6 Å². The van der Waals surface area contributed by atoms with Gasteiger partial charge in [0.15, 0.2) is 5.58 Å². The molecule has 30 heavy (non-hydrogen) atoms. The Labute approximate surface area is 178 Å². The van der Waals surface area contributed by atoms with E-state index in [2.05, 4.69) is 71.7 Å². The average Bonchev–Trinajstić information content (AvgIpc) is 3.22. The fraction of sp³-hybridized carbons (Fsp3) is 0. The summed E-state index contributed by atoms with van der Waals surface area (Å²) < 4.78 is 6.10. The SMILES string of the molecule is Clc1ccc(-c2nc3ccc(-c4cc5ccccc5c5ccccc45)cc3o2)cc1. The summed E-state index contributed by atoms with van der Waals surface area (Å²) in [5.41, 5.74) is 4.83. The molecule has 0 N–H and O–H groups in total. The zero-order chi connectivity index (χ0) is 20.1. The minimum atomic E-state index is 0.599. The van der Waals surface area contributed by atoms with Gasteiger partial charge in [0.2, 0.25) is 5.89 Å². The zero-order valence-corrected chi connectivity index (χ0v) is 16.7. The number of benzene rings is 5. The summed E-state index contributed by atoms with van der Waals surface area (Å²) in [5, 5.41) is 5.67. The maximum absolute atomic E-state index is 6.10. The number of hydrogen-bond donors (Lipinski definition) is 0. The van der Waals surface area contributed by atoms with Crippen molar-refractivity contribution in [2.75, 3.05) is 0 Å². The van der Waals surface area contributed by atoms with E-state index in [0.717, 1.165) is 22.2 Å². The normalized spacial score (nSPS) is 11.5. The first-order valence-corrected chi connectivity index (χ1v) is 10.2. The Balaban J connectivity index is 1.56. The second-order valence-corrected chi connectivity index (χ2v) is 7.84. The Morgan fingerprint density at radius 1 is 0.633 bits per heavy atom. The molecule has 0 bridgehead atoms. The van der Waals surface area contributed by atoms with E-state index in [9.17, 15) is 0 Å². The molecule has 6 aromatic rings. The van der Waals surface area contributed by atoms with E-state index < -0.39 is 0 Å². The van der Waals surface area contributed by atoms with Crippen LogP contribution >= 0.6 is 11.6 Å². The Morgan fingerprint density at radius 3 is 2.17 bits per heavy atom. The molecule has 0 saturated carbocycles. The van der Waals surface area contributed by atoms with Crippen molar-refractivity contribution >= 4 is 44.2 Å². The van der Waals surface area contributed by atoms with Crippen molar-refractivity contribution in [2.45, 2.75) is 0 Å². The number of oxazole rings is 1. The molecule has 0 aliphatic rings. The topological polar surface area (TPSA) is 26.0 Å². The second-order valence-electron chi connectivity index (χ2n) is 7.40. The lowest BCUT2D eigenvalue weighted by atomic mass is 9.93.